The van der Waals surface area contributed by atoms with Crippen LogP contribution in [0.4, 0.5) is 8.78 Å². The van der Waals surface area contributed by atoms with Gasteiger partial charge in [-0.2, -0.15) is 0 Å². The molecule has 0 amide bonds. The number of nitrogens with two attached hydrogens (primary N) is 1. The lowest BCUT2D eigenvalue weighted by Crippen LogP contribution is -2.18. The van der Waals surface area contributed by atoms with Gasteiger partial charge < -0.3 is 10.8 Å². The summed E-state index contributed by atoms with van der Waals surface area (Å²) in [6, 6.07) is 3.78. The maximum atomic E-state index is 13.4. The van der Waals surface area contributed by atoms with E-state index in [1.165, 1.54) is 12.1 Å². The summed E-state index contributed by atoms with van der Waals surface area (Å²) in [5.41, 5.74) is 5.39. The molecule has 0 fully saturated rings. The number of carbonyl (C=O) groups is 1. The lowest BCUT2D eigenvalue weighted by atomic mass is 9.94. The molecule has 0 saturated carbocycles. The Morgan fingerprint density at radius 3 is 2.71 bits per heavy atom. The first kappa shape index (κ1) is 13.6. The highest BCUT2D eigenvalue weighted by Crippen LogP contribution is 2.18. The van der Waals surface area contributed by atoms with Crippen LogP contribution in [0.1, 0.15) is 18.4 Å². The van der Waals surface area contributed by atoms with Crippen LogP contribution in [0.25, 0.3) is 0 Å². The standard InChI is InChI=1S/C12H15F2NO2/c13-10-5-1-3-8(11(10)14)7-9(12(16)17)4-2-6-15/h1,3,5,9H,2,4,6-7,15H2,(H,16,17). The van der Waals surface area contributed by atoms with Crippen LogP contribution < -0.4 is 5.73 Å². The van der Waals surface area contributed by atoms with E-state index in [0.29, 0.717) is 19.4 Å². The molecule has 1 aromatic rings. The molecule has 1 unspecified atom stereocenters. The predicted octanol–water partition coefficient (Wildman–Crippen LogP) is 1.95. The second kappa shape index (κ2) is 6.30. The Kier molecular flexibility index (Phi) is 5.03. The molecule has 17 heavy (non-hydrogen) atoms. The smallest absolute Gasteiger partial charge is 0.306 e. The second-order valence-corrected chi connectivity index (χ2v) is 3.88. The zero-order valence-corrected chi connectivity index (χ0v) is 9.33. The molecular formula is C12H15F2NO2. The van der Waals surface area contributed by atoms with Crippen molar-refractivity contribution in [1.29, 1.82) is 0 Å². The Hall–Kier alpha value is -1.49. The average molecular weight is 243 g/mol. The average Bonchev–Trinajstić information content (AvgIpc) is 2.29. The topological polar surface area (TPSA) is 63.3 Å². The van der Waals surface area contributed by atoms with Crippen molar-refractivity contribution in [3.63, 3.8) is 0 Å². The van der Waals surface area contributed by atoms with Crippen LogP contribution in [0.5, 0.6) is 0 Å². The van der Waals surface area contributed by atoms with E-state index >= 15 is 0 Å². The van der Waals surface area contributed by atoms with E-state index < -0.39 is 23.5 Å². The van der Waals surface area contributed by atoms with Gasteiger partial charge in [-0.05, 0) is 37.4 Å². The monoisotopic (exact) mass is 243 g/mol. The predicted molar refractivity (Wildman–Crippen MR) is 59.5 cm³/mol. The number of halogens is 2. The normalized spacial score (nSPS) is 12.4. The van der Waals surface area contributed by atoms with E-state index in [9.17, 15) is 13.6 Å². The molecular weight excluding hydrogens is 228 g/mol. The van der Waals surface area contributed by atoms with E-state index in [1.807, 2.05) is 0 Å². The number of rotatable bonds is 6. The highest BCUT2D eigenvalue weighted by molar-refractivity contribution is 5.70. The Labute approximate surface area is 98.2 Å². The van der Waals surface area contributed by atoms with Crippen molar-refractivity contribution in [2.45, 2.75) is 19.3 Å². The molecule has 1 rings (SSSR count). The Balaban J connectivity index is 2.78. The molecule has 3 nitrogen and oxygen atoms in total. The Bertz CT molecular complexity index is 396. The van der Waals surface area contributed by atoms with Gasteiger partial charge in [-0.1, -0.05) is 12.1 Å². The van der Waals surface area contributed by atoms with Gasteiger partial charge in [-0.3, -0.25) is 4.79 Å². The van der Waals surface area contributed by atoms with Gasteiger partial charge in [0, 0.05) is 0 Å². The van der Waals surface area contributed by atoms with Crippen LogP contribution in [0.15, 0.2) is 18.2 Å². The SMILES string of the molecule is NCCCC(Cc1cccc(F)c1F)C(=O)O. The van der Waals surface area contributed by atoms with Gasteiger partial charge in [0.2, 0.25) is 0 Å². The van der Waals surface area contributed by atoms with Crippen LogP contribution in [-0.2, 0) is 11.2 Å². The first-order chi connectivity index (χ1) is 8.06. The molecule has 0 aromatic heterocycles. The number of hydrogen-bond donors (Lipinski definition) is 2. The zero-order chi connectivity index (χ0) is 12.8. The fourth-order valence-corrected chi connectivity index (χ4v) is 1.65. The second-order valence-electron chi connectivity index (χ2n) is 3.88. The lowest BCUT2D eigenvalue weighted by Gasteiger charge is -2.12. The fraction of sp³-hybridized carbons (Fsp3) is 0.417. The molecule has 94 valence electrons. The maximum Gasteiger partial charge on any atom is 0.306 e. The van der Waals surface area contributed by atoms with Crippen LogP contribution in [0, 0.1) is 17.6 Å². The molecule has 1 aromatic carbocycles. The molecule has 1 atom stereocenters. The summed E-state index contributed by atoms with van der Waals surface area (Å²) in [5.74, 6) is -3.66. The van der Waals surface area contributed by atoms with Crippen LogP contribution in [-0.4, -0.2) is 17.6 Å². The molecule has 0 heterocycles. The lowest BCUT2D eigenvalue weighted by molar-refractivity contribution is -0.141. The zero-order valence-electron chi connectivity index (χ0n) is 9.33. The van der Waals surface area contributed by atoms with Gasteiger partial charge in [0.15, 0.2) is 11.6 Å². The molecule has 0 aliphatic heterocycles. The summed E-state index contributed by atoms with van der Waals surface area (Å²) in [5, 5.41) is 8.96. The minimum atomic E-state index is -1.01. The minimum absolute atomic E-state index is 0.0150. The van der Waals surface area contributed by atoms with Crippen LogP contribution in [0.3, 0.4) is 0 Å². The van der Waals surface area contributed by atoms with Crippen molar-refractivity contribution < 1.29 is 18.7 Å². The van der Waals surface area contributed by atoms with Gasteiger partial charge >= 0.3 is 5.97 Å². The Morgan fingerprint density at radius 2 is 2.12 bits per heavy atom. The van der Waals surface area contributed by atoms with Gasteiger partial charge in [-0.25, -0.2) is 8.78 Å². The summed E-state index contributed by atoms with van der Waals surface area (Å²) in [6.07, 6.45) is 0.897. The number of benzene rings is 1. The van der Waals surface area contributed by atoms with Crippen molar-refractivity contribution >= 4 is 5.97 Å². The highest BCUT2D eigenvalue weighted by Gasteiger charge is 2.20. The third-order valence-electron chi connectivity index (χ3n) is 2.60. The largest absolute Gasteiger partial charge is 0.481 e. The summed E-state index contributed by atoms with van der Waals surface area (Å²) >= 11 is 0. The van der Waals surface area contributed by atoms with Crippen molar-refractivity contribution in [3.05, 3.63) is 35.4 Å². The maximum absolute atomic E-state index is 13.4. The summed E-state index contributed by atoms with van der Waals surface area (Å²) in [6.45, 7) is 0.384. The molecule has 0 saturated heterocycles. The van der Waals surface area contributed by atoms with Gasteiger partial charge in [0.1, 0.15) is 0 Å². The molecule has 0 aliphatic carbocycles. The fourth-order valence-electron chi connectivity index (χ4n) is 1.65. The van der Waals surface area contributed by atoms with E-state index in [1.54, 1.807) is 0 Å². The van der Waals surface area contributed by atoms with Crippen LogP contribution >= 0.6 is 0 Å². The number of hydrogen-bond acceptors (Lipinski definition) is 2. The molecule has 0 spiro atoms. The first-order valence-corrected chi connectivity index (χ1v) is 5.42. The molecule has 0 aliphatic rings. The van der Waals surface area contributed by atoms with E-state index in [0.717, 1.165) is 6.07 Å². The van der Waals surface area contributed by atoms with Gasteiger partial charge in [-0.15, -0.1) is 0 Å². The summed E-state index contributed by atoms with van der Waals surface area (Å²) in [7, 11) is 0. The van der Waals surface area contributed by atoms with Crippen molar-refractivity contribution in [2.75, 3.05) is 6.54 Å². The van der Waals surface area contributed by atoms with Crippen LogP contribution in [0.2, 0.25) is 0 Å². The Morgan fingerprint density at radius 1 is 1.41 bits per heavy atom. The molecule has 0 bridgehead atoms. The first-order valence-electron chi connectivity index (χ1n) is 5.42. The molecule has 0 radical (unpaired) electrons. The van der Waals surface area contributed by atoms with E-state index in [4.69, 9.17) is 10.8 Å². The number of carboxylic acids is 1. The highest BCUT2D eigenvalue weighted by atomic mass is 19.2. The summed E-state index contributed by atoms with van der Waals surface area (Å²) in [4.78, 5) is 10.9. The summed E-state index contributed by atoms with van der Waals surface area (Å²) < 4.78 is 26.3. The quantitative estimate of drug-likeness (QED) is 0.802. The minimum Gasteiger partial charge on any atom is -0.481 e. The van der Waals surface area contributed by atoms with Crippen molar-refractivity contribution in [2.24, 2.45) is 11.7 Å². The van der Waals surface area contributed by atoms with Gasteiger partial charge in [0.05, 0.1) is 5.92 Å². The van der Waals surface area contributed by atoms with Crippen molar-refractivity contribution in [3.8, 4) is 0 Å². The molecule has 5 heteroatoms. The van der Waals surface area contributed by atoms with E-state index in [2.05, 4.69) is 0 Å². The third kappa shape index (κ3) is 3.78. The molecule has 3 N–H and O–H groups in total. The van der Waals surface area contributed by atoms with E-state index in [-0.39, 0.29) is 12.0 Å². The number of aliphatic carboxylic acids is 1. The van der Waals surface area contributed by atoms with Gasteiger partial charge in [0.25, 0.3) is 0 Å². The number of carboxylic acid groups (broad SMARTS) is 1. The third-order valence-corrected chi connectivity index (χ3v) is 2.60. The van der Waals surface area contributed by atoms with Crippen molar-refractivity contribution in [1.82, 2.24) is 0 Å².